The third-order valence-corrected chi connectivity index (χ3v) is 2.77. The van der Waals surface area contributed by atoms with Gasteiger partial charge in [-0.2, -0.15) is 0 Å². The summed E-state index contributed by atoms with van der Waals surface area (Å²) in [5, 5.41) is 5.83. The molecule has 1 aromatic carbocycles. The van der Waals surface area contributed by atoms with E-state index < -0.39 is 17.7 Å². The molecule has 1 aromatic rings. The second kappa shape index (κ2) is 6.61. The Labute approximate surface area is 112 Å². The van der Waals surface area contributed by atoms with Crippen LogP contribution in [0.2, 0.25) is 0 Å². The molecule has 0 spiro atoms. The molecule has 0 aliphatic rings. The molecular formula is C14H20F2N2O. The van der Waals surface area contributed by atoms with Crippen molar-refractivity contribution < 1.29 is 13.6 Å². The summed E-state index contributed by atoms with van der Waals surface area (Å²) in [6, 6.07) is 3.13. The highest BCUT2D eigenvalue weighted by Crippen LogP contribution is 2.16. The molecular weight excluding hydrogens is 250 g/mol. The molecule has 19 heavy (non-hydrogen) atoms. The molecule has 0 aliphatic heterocycles. The summed E-state index contributed by atoms with van der Waals surface area (Å²) in [5.74, 6) is -1.88. The van der Waals surface area contributed by atoms with Crippen molar-refractivity contribution in [3.05, 3.63) is 35.4 Å². The highest BCUT2D eigenvalue weighted by Gasteiger charge is 2.17. The monoisotopic (exact) mass is 270 g/mol. The van der Waals surface area contributed by atoms with Gasteiger partial charge in [-0.15, -0.1) is 0 Å². The zero-order valence-corrected chi connectivity index (χ0v) is 11.6. The Kier molecular flexibility index (Phi) is 5.42. The lowest BCUT2D eigenvalue weighted by atomic mass is 10.1. The van der Waals surface area contributed by atoms with Crippen molar-refractivity contribution in [2.45, 2.75) is 45.8 Å². The van der Waals surface area contributed by atoms with Crippen molar-refractivity contribution in [2.24, 2.45) is 0 Å². The van der Waals surface area contributed by atoms with Crippen LogP contribution in [-0.4, -0.2) is 18.0 Å². The standard InChI is InChI=1S/C14H20F2N2O/c1-8(2)17-14(19)10(4)18-9(3)11-5-6-12(15)13(16)7-11/h5-10,18H,1-4H3,(H,17,19). The quantitative estimate of drug-likeness (QED) is 0.863. The van der Waals surface area contributed by atoms with Gasteiger partial charge in [0.25, 0.3) is 0 Å². The molecule has 2 atom stereocenters. The van der Waals surface area contributed by atoms with E-state index in [1.807, 2.05) is 13.8 Å². The van der Waals surface area contributed by atoms with E-state index in [9.17, 15) is 13.6 Å². The number of hydrogen-bond acceptors (Lipinski definition) is 2. The second-order valence-corrected chi connectivity index (χ2v) is 4.95. The fourth-order valence-electron chi connectivity index (χ4n) is 1.74. The smallest absolute Gasteiger partial charge is 0.237 e. The molecule has 0 aromatic heterocycles. The van der Waals surface area contributed by atoms with Crippen molar-refractivity contribution in [1.29, 1.82) is 0 Å². The van der Waals surface area contributed by atoms with E-state index >= 15 is 0 Å². The molecule has 0 saturated heterocycles. The number of hydrogen-bond donors (Lipinski definition) is 2. The molecule has 0 heterocycles. The van der Waals surface area contributed by atoms with E-state index in [4.69, 9.17) is 0 Å². The van der Waals surface area contributed by atoms with E-state index in [0.717, 1.165) is 12.1 Å². The van der Waals surface area contributed by atoms with Crippen molar-refractivity contribution in [3.8, 4) is 0 Å². The first-order chi connectivity index (χ1) is 8.81. The fraction of sp³-hybridized carbons (Fsp3) is 0.500. The van der Waals surface area contributed by atoms with Gasteiger partial charge in [-0.3, -0.25) is 10.1 Å². The summed E-state index contributed by atoms with van der Waals surface area (Å²) in [4.78, 5) is 11.7. The molecule has 1 rings (SSSR count). The molecule has 0 fully saturated rings. The summed E-state index contributed by atoms with van der Waals surface area (Å²) >= 11 is 0. The number of rotatable bonds is 5. The third kappa shape index (κ3) is 4.59. The van der Waals surface area contributed by atoms with Gasteiger partial charge in [-0.25, -0.2) is 8.78 Å². The topological polar surface area (TPSA) is 41.1 Å². The molecule has 2 unspecified atom stereocenters. The average molecular weight is 270 g/mol. The second-order valence-electron chi connectivity index (χ2n) is 4.95. The minimum atomic E-state index is -0.884. The summed E-state index contributed by atoms with van der Waals surface area (Å²) < 4.78 is 26.0. The zero-order valence-electron chi connectivity index (χ0n) is 11.6. The van der Waals surface area contributed by atoms with Crippen LogP contribution in [0.1, 0.15) is 39.3 Å². The first-order valence-corrected chi connectivity index (χ1v) is 6.32. The van der Waals surface area contributed by atoms with Crippen LogP contribution in [0.4, 0.5) is 8.78 Å². The Morgan fingerprint density at radius 1 is 1.11 bits per heavy atom. The van der Waals surface area contributed by atoms with Gasteiger partial charge >= 0.3 is 0 Å². The number of carbonyl (C=O) groups excluding carboxylic acids is 1. The van der Waals surface area contributed by atoms with Crippen LogP contribution in [0.25, 0.3) is 0 Å². The van der Waals surface area contributed by atoms with Crippen molar-refractivity contribution in [3.63, 3.8) is 0 Å². The SMILES string of the molecule is CC(C)NC(=O)C(C)NC(C)c1ccc(F)c(F)c1. The van der Waals surface area contributed by atoms with Crippen LogP contribution in [0.15, 0.2) is 18.2 Å². The Balaban J connectivity index is 2.65. The van der Waals surface area contributed by atoms with Crippen molar-refractivity contribution in [2.75, 3.05) is 0 Å². The largest absolute Gasteiger partial charge is 0.353 e. The van der Waals surface area contributed by atoms with E-state index in [0.29, 0.717) is 5.56 Å². The molecule has 0 saturated carbocycles. The predicted molar refractivity (Wildman–Crippen MR) is 70.6 cm³/mol. The van der Waals surface area contributed by atoms with Gasteiger partial charge in [0.05, 0.1) is 6.04 Å². The molecule has 3 nitrogen and oxygen atoms in total. The van der Waals surface area contributed by atoms with E-state index in [1.165, 1.54) is 6.07 Å². The lowest BCUT2D eigenvalue weighted by Gasteiger charge is -2.21. The number of carbonyl (C=O) groups is 1. The maximum Gasteiger partial charge on any atom is 0.237 e. The first-order valence-electron chi connectivity index (χ1n) is 6.32. The van der Waals surface area contributed by atoms with Gasteiger partial charge in [0.1, 0.15) is 0 Å². The van der Waals surface area contributed by atoms with Crippen LogP contribution in [0.5, 0.6) is 0 Å². The Morgan fingerprint density at radius 3 is 2.26 bits per heavy atom. The highest BCUT2D eigenvalue weighted by atomic mass is 19.2. The molecule has 0 radical (unpaired) electrons. The summed E-state index contributed by atoms with van der Waals surface area (Å²) in [6.45, 7) is 7.28. The minimum Gasteiger partial charge on any atom is -0.353 e. The van der Waals surface area contributed by atoms with Crippen LogP contribution >= 0.6 is 0 Å². The van der Waals surface area contributed by atoms with Gasteiger partial charge in [0.15, 0.2) is 11.6 Å². The summed E-state index contributed by atoms with van der Waals surface area (Å²) in [7, 11) is 0. The Morgan fingerprint density at radius 2 is 1.74 bits per heavy atom. The van der Waals surface area contributed by atoms with Crippen LogP contribution in [0.3, 0.4) is 0 Å². The van der Waals surface area contributed by atoms with Gasteiger partial charge in [-0.1, -0.05) is 6.07 Å². The van der Waals surface area contributed by atoms with Crippen LogP contribution in [0, 0.1) is 11.6 Å². The van der Waals surface area contributed by atoms with Crippen molar-refractivity contribution >= 4 is 5.91 Å². The van der Waals surface area contributed by atoms with E-state index in [1.54, 1.807) is 13.8 Å². The Hall–Kier alpha value is -1.49. The minimum absolute atomic E-state index is 0.0651. The average Bonchev–Trinajstić information content (AvgIpc) is 2.31. The van der Waals surface area contributed by atoms with E-state index in [2.05, 4.69) is 10.6 Å². The molecule has 2 N–H and O–H groups in total. The fourth-order valence-corrected chi connectivity index (χ4v) is 1.74. The summed E-state index contributed by atoms with van der Waals surface area (Å²) in [6.07, 6.45) is 0. The van der Waals surface area contributed by atoms with Gasteiger partial charge < -0.3 is 5.32 Å². The van der Waals surface area contributed by atoms with Gasteiger partial charge in [0.2, 0.25) is 5.91 Å². The Bertz CT molecular complexity index is 449. The zero-order chi connectivity index (χ0) is 14.6. The number of amides is 1. The molecule has 0 bridgehead atoms. The number of nitrogens with one attached hydrogen (secondary N) is 2. The molecule has 5 heteroatoms. The maximum absolute atomic E-state index is 13.1. The third-order valence-electron chi connectivity index (χ3n) is 2.77. The number of halogens is 2. The highest BCUT2D eigenvalue weighted by molar-refractivity contribution is 5.81. The lowest BCUT2D eigenvalue weighted by Crippen LogP contribution is -2.45. The van der Waals surface area contributed by atoms with Gasteiger partial charge in [-0.05, 0) is 45.4 Å². The van der Waals surface area contributed by atoms with Gasteiger partial charge in [0, 0.05) is 12.1 Å². The van der Waals surface area contributed by atoms with Crippen LogP contribution < -0.4 is 10.6 Å². The normalized spacial score (nSPS) is 14.3. The maximum atomic E-state index is 13.1. The molecule has 1 amide bonds. The predicted octanol–water partition coefficient (Wildman–Crippen LogP) is 2.53. The number of benzene rings is 1. The van der Waals surface area contributed by atoms with Crippen LogP contribution in [-0.2, 0) is 4.79 Å². The molecule has 0 aliphatic carbocycles. The molecule has 106 valence electrons. The summed E-state index contributed by atoms with van der Waals surface area (Å²) in [5.41, 5.74) is 0.600. The lowest BCUT2D eigenvalue weighted by molar-refractivity contribution is -0.123. The van der Waals surface area contributed by atoms with Crippen molar-refractivity contribution in [1.82, 2.24) is 10.6 Å². The first kappa shape index (κ1) is 15.6. The van der Waals surface area contributed by atoms with E-state index in [-0.39, 0.29) is 18.0 Å².